The van der Waals surface area contributed by atoms with Gasteiger partial charge in [0.05, 0.1) is 10.7 Å². The number of nitrogens with one attached hydrogen (secondary N) is 1. The molecule has 1 heterocycles. The molecule has 120 valence electrons. The van der Waals surface area contributed by atoms with E-state index in [9.17, 15) is 5.11 Å². The average molecular weight is 345 g/mol. The van der Waals surface area contributed by atoms with Gasteiger partial charge in [0.2, 0.25) is 0 Å². The lowest BCUT2D eigenvalue weighted by Gasteiger charge is -2.14. The summed E-state index contributed by atoms with van der Waals surface area (Å²) < 4.78 is 10.6. The highest BCUT2D eigenvalue weighted by Crippen LogP contribution is 2.27. The number of nitrogens with zero attached hydrogens (tertiary/aromatic N) is 1. The van der Waals surface area contributed by atoms with E-state index in [4.69, 9.17) is 32.5 Å². The molecule has 22 heavy (non-hydrogen) atoms. The van der Waals surface area contributed by atoms with Crippen LogP contribution in [0, 0.1) is 6.92 Å². The number of halogens is 2. The molecule has 0 radical (unpaired) electrons. The molecule has 0 aliphatic carbocycles. The van der Waals surface area contributed by atoms with Crippen LogP contribution in [0.5, 0.6) is 5.75 Å². The summed E-state index contributed by atoms with van der Waals surface area (Å²) in [5.74, 6) is 1.32. The SMILES string of the molecule is Cc1cc(CCNCC(O)COc2ccc(Cl)cc2Cl)on1. The van der Waals surface area contributed by atoms with Crippen molar-refractivity contribution in [3.63, 3.8) is 0 Å². The quantitative estimate of drug-likeness (QED) is 0.720. The van der Waals surface area contributed by atoms with Crippen LogP contribution in [0.3, 0.4) is 0 Å². The van der Waals surface area contributed by atoms with Gasteiger partial charge in [-0.2, -0.15) is 0 Å². The van der Waals surface area contributed by atoms with Crippen molar-refractivity contribution in [1.29, 1.82) is 0 Å². The van der Waals surface area contributed by atoms with Gasteiger partial charge in [0.15, 0.2) is 0 Å². The van der Waals surface area contributed by atoms with Gasteiger partial charge in [-0.05, 0) is 25.1 Å². The first-order chi connectivity index (χ1) is 10.5. The van der Waals surface area contributed by atoms with Crippen molar-refractivity contribution in [3.8, 4) is 5.75 Å². The number of aliphatic hydroxyl groups is 1. The lowest BCUT2D eigenvalue weighted by molar-refractivity contribution is 0.106. The number of rotatable bonds is 8. The van der Waals surface area contributed by atoms with Crippen molar-refractivity contribution in [3.05, 3.63) is 45.8 Å². The zero-order valence-corrected chi connectivity index (χ0v) is 13.7. The van der Waals surface area contributed by atoms with Gasteiger partial charge in [-0.3, -0.25) is 0 Å². The fraction of sp³-hybridized carbons (Fsp3) is 0.400. The molecule has 1 aromatic heterocycles. The second-order valence-electron chi connectivity index (χ2n) is 4.93. The van der Waals surface area contributed by atoms with E-state index in [1.807, 2.05) is 13.0 Å². The predicted octanol–water partition coefficient (Wildman–Crippen LogP) is 2.86. The minimum absolute atomic E-state index is 0.149. The predicted molar refractivity (Wildman–Crippen MR) is 85.8 cm³/mol. The van der Waals surface area contributed by atoms with Crippen LogP contribution in [0.2, 0.25) is 10.0 Å². The smallest absolute Gasteiger partial charge is 0.138 e. The molecule has 5 nitrogen and oxygen atoms in total. The van der Waals surface area contributed by atoms with Crippen LogP contribution in [0.1, 0.15) is 11.5 Å². The first-order valence-corrected chi connectivity index (χ1v) is 7.69. The third-order valence-corrected chi connectivity index (χ3v) is 3.46. The summed E-state index contributed by atoms with van der Waals surface area (Å²) in [7, 11) is 0. The Bertz CT molecular complexity index is 604. The van der Waals surface area contributed by atoms with Gasteiger partial charge >= 0.3 is 0 Å². The maximum Gasteiger partial charge on any atom is 0.138 e. The fourth-order valence-corrected chi connectivity index (χ4v) is 2.31. The number of hydrogen-bond donors (Lipinski definition) is 2. The summed E-state index contributed by atoms with van der Waals surface area (Å²) in [6.07, 6.45) is 0.0838. The first kappa shape index (κ1) is 17.1. The molecule has 0 spiro atoms. The summed E-state index contributed by atoms with van der Waals surface area (Å²) in [5.41, 5.74) is 0.864. The monoisotopic (exact) mass is 344 g/mol. The minimum atomic E-state index is -0.636. The van der Waals surface area contributed by atoms with Crippen molar-refractivity contribution < 1.29 is 14.4 Å². The van der Waals surface area contributed by atoms with Crippen LogP contribution in [0.15, 0.2) is 28.8 Å². The molecule has 0 aliphatic heterocycles. The van der Waals surface area contributed by atoms with Crippen molar-refractivity contribution >= 4 is 23.2 Å². The second kappa shape index (κ2) is 8.39. The van der Waals surface area contributed by atoms with Gasteiger partial charge in [0.1, 0.15) is 24.2 Å². The molecule has 0 bridgehead atoms. The molecular formula is C15H18Cl2N2O3. The lowest BCUT2D eigenvalue weighted by Crippen LogP contribution is -2.32. The Morgan fingerprint density at radius 3 is 2.86 bits per heavy atom. The molecule has 2 N–H and O–H groups in total. The molecule has 7 heteroatoms. The van der Waals surface area contributed by atoms with E-state index in [0.717, 1.165) is 17.9 Å². The molecule has 2 rings (SSSR count). The second-order valence-corrected chi connectivity index (χ2v) is 5.77. The van der Waals surface area contributed by atoms with E-state index >= 15 is 0 Å². The van der Waals surface area contributed by atoms with E-state index in [-0.39, 0.29) is 6.61 Å². The zero-order valence-electron chi connectivity index (χ0n) is 12.2. The van der Waals surface area contributed by atoms with Crippen LogP contribution in [0.25, 0.3) is 0 Å². The fourth-order valence-electron chi connectivity index (χ4n) is 1.85. The van der Waals surface area contributed by atoms with Crippen molar-refractivity contribution in [2.75, 3.05) is 19.7 Å². The van der Waals surface area contributed by atoms with E-state index in [0.29, 0.717) is 28.9 Å². The molecule has 1 aromatic carbocycles. The van der Waals surface area contributed by atoms with Gasteiger partial charge in [0, 0.05) is 30.6 Å². The molecule has 0 fully saturated rings. The highest BCUT2D eigenvalue weighted by molar-refractivity contribution is 6.35. The highest BCUT2D eigenvalue weighted by Gasteiger charge is 2.08. The molecular weight excluding hydrogens is 327 g/mol. The Morgan fingerprint density at radius 1 is 1.36 bits per heavy atom. The zero-order chi connectivity index (χ0) is 15.9. The Balaban J connectivity index is 1.64. The Hall–Kier alpha value is -1.27. The Kier molecular flexibility index (Phi) is 6.51. The van der Waals surface area contributed by atoms with Crippen molar-refractivity contribution in [2.24, 2.45) is 0 Å². The molecule has 1 atom stereocenters. The topological polar surface area (TPSA) is 67.5 Å². The third-order valence-electron chi connectivity index (χ3n) is 2.93. The van der Waals surface area contributed by atoms with Gasteiger partial charge < -0.3 is 19.7 Å². The summed E-state index contributed by atoms with van der Waals surface area (Å²) in [6, 6.07) is 6.86. The normalized spacial score (nSPS) is 12.4. The number of aromatic nitrogens is 1. The van der Waals surface area contributed by atoms with Gasteiger partial charge in [-0.25, -0.2) is 0 Å². The summed E-state index contributed by atoms with van der Waals surface area (Å²) in [4.78, 5) is 0. The van der Waals surface area contributed by atoms with Gasteiger partial charge in [-0.15, -0.1) is 0 Å². The van der Waals surface area contributed by atoms with Crippen molar-refractivity contribution in [2.45, 2.75) is 19.4 Å². The number of aryl methyl sites for hydroxylation is 1. The van der Waals surface area contributed by atoms with Crippen LogP contribution in [0.4, 0.5) is 0 Å². The van der Waals surface area contributed by atoms with E-state index < -0.39 is 6.10 Å². The first-order valence-electron chi connectivity index (χ1n) is 6.93. The Labute approximate surface area is 139 Å². The molecule has 0 aliphatic rings. The largest absolute Gasteiger partial charge is 0.489 e. The lowest BCUT2D eigenvalue weighted by atomic mass is 10.3. The number of benzene rings is 1. The van der Waals surface area contributed by atoms with Crippen LogP contribution in [-0.2, 0) is 6.42 Å². The van der Waals surface area contributed by atoms with E-state index in [1.165, 1.54) is 0 Å². The third kappa shape index (κ3) is 5.50. The standard InChI is InChI=1S/C15H18Cl2N2O3/c1-10-6-13(22-19-10)4-5-18-8-12(20)9-21-15-3-2-11(16)7-14(15)17/h2-3,6-7,12,18,20H,4-5,8-9H2,1H3. The maximum absolute atomic E-state index is 9.86. The number of aliphatic hydroxyl groups excluding tert-OH is 1. The average Bonchev–Trinajstić information content (AvgIpc) is 2.88. The Morgan fingerprint density at radius 2 is 2.18 bits per heavy atom. The summed E-state index contributed by atoms with van der Waals surface area (Å²) >= 11 is 11.8. The van der Waals surface area contributed by atoms with Gasteiger partial charge in [0.25, 0.3) is 0 Å². The van der Waals surface area contributed by atoms with Crippen molar-refractivity contribution in [1.82, 2.24) is 10.5 Å². The highest BCUT2D eigenvalue weighted by atomic mass is 35.5. The summed E-state index contributed by atoms with van der Waals surface area (Å²) in [5, 5.41) is 17.8. The molecule has 0 saturated heterocycles. The number of hydrogen-bond acceptors (Lipinski definition) is 5. The summed E-state index contributed by atoms with van der Waals surface area (Å²) in [6.45, 7) is 3.13. The van der Waals surface area contributed by atoms with Crippen LogP contribution in [-0.4, -0.2) is 36.1 Å². The molecule has 1 unspecified atom stereocenters. The maximum atomic E-state index is 9.86. The van der Waals surface area contributed by atoms with E-state index in [2.05, 4.69) is 10.5 Å². The van der Waals surface area contributed by atoms with E-state index in [1.54, 1.807) is 18.2 Å². The van der Waals surface area contributed by atoms with Crippen LogP contribution >= 0.6 is 23.2 Å². The molecule has 0 amide bonds. The molecule has 0 saturated carbocycles. The van der Waals surface area contributed by atoms with Gasteiger partial charge in [-0.1, -0.05) is 28.4 Å². The minimum Gasteiger partial charge on any atom is -0.489 e. The van der Waals surface area contributed by atoms with Crippen LogP contribution < -0.4 is 10.1 Å². The molecule has 2 aromatic rings. The number of ether oxygens (including phenoxy) is 1.